The second-order valence-corrected chi connectivity index (χ2v) is 4.36. The van der Waals surface area contributed by atoms with E-state index in [2.05, 4.69) is 0 Å². The van der Waals surface area contributed by atoms with Crippen LogP contribution in [-0.4, -0.2) is 19.3 Å². The van der Waals surface area contributed by atoms with Crippen LogP contribution < -0.4 is 4.74 Å². The van der Waals surface area contributed by atoms with Gasteiger partial charge in [0.25, 0.3) is 6.43 Å². The van der Waals surface area contributed by atoms with Crippen molar-refractivity contribution in [2.24, 2.45) is 0 Å². The molecule has 0 fully saturated rings. The average Bonchev–Trinajstić information content (AvgIpc) is 2.49. The third-order valence-electron chi connectivity index (χ3n) is 2.76. The summed E-state index contributed by atoms with van der Waals surface area (Å²) in [7, 11) is 0. The molecule has 2 aromatic carbocycles. The zero-order chi connectivity index (χ0) is 16.3. The van der Waals surface area contributed by atoms with Crippen LogP contribution in [-0.2, 0) is 0 Å². The third kappa shape index (κ3) is 3.60. The van der Waals surface area contributed by atoms with Crippen LogP contribution in [0.5, 0.6) is 5.75 Å². The molecule has 0 N–H and O–H groups in total. The monoisotopic (exact) mass is 316 g/mol. The van der Waals surface area contributed by atoms with Crippen molar-refractivity contribution in [1.82, 2.24) is 0 Å². The van der Waals surface area contributed by atoms with Crippen LogP contribution in [0, 0.1) is 17.5 Å². The molecule has 0 heterocycles. The van der Waals surface area contributed by atoms with Crippen molar-refractivity contribution in [2.45, 2.75) is 6.43 Å². The van der Waals surface area contributed by atoms with Gasteiger partial charge in [-0.05, 0) is 41.5 Å². The molecule has 0 amide bonds. The maximum atomic E-state index is 13.2. The first-order valence-corrected chi connectivity index (χ1v) is 6.07. The molecule has 116 valence electrons. The Balaban J connectivity index is 2.45. The molecule has 0 bridgehead atoms. The Kier molecular flexibility index (Phi) is 4.75. The minimum absolute atomic E-state index is 0.0537. The van der Waals surface area contributed by atoms with E-state index in [-0.39, 0.29) is 22.4 Å². The lowest BCUT2D eigenvalue weighted by atomic mass is 10.0. The molecule has 7 heteroatoms. The van der Waals surface area contributed by atoms with Crippen LogP contribution in [0.3, 0.4) is 0 Å². The first-order valence-electron chi connectivity index (χ1n) is 6.07. The van der Waals surface area contributed by atoms with Gasteiger partial charge in [-0.15, -0.1) is 0 Å². The van der Waals surface area contributed by atoms with Crippen molar-refractivity contribution in [3.8, 4) is 16.9 Å². The molecule has 0 atom stereocenters. The molecule has 0 spiro atoms. The fourth-order valence-corrected chi connectivity index (χ4v) is 1.82. The Labute approximate surface area is 122 Å². The van der Waals surface area contributed by atoms with Crippen molar-refractivity contribution in [2.75, 3.05) is 6.61 Å². The third-order valence-corrected chi connectivity index (χ3v) is 2.76. The van der Waals surface area contributed by atoms with E-state index < -0.39 is 30.5 Å². The molecule has 0 aliphatic rings. The van der Waals surface area contributed by atoms with Gasteiger partial charge in [0.2, 0.25) is 0 Å². The Bertz CT molecular complexity index is 677. The van der Waals surface area contributed by atoms with Gasteiger partial charge in [-0.25, -0.2) is 22.0 Å². The van der Waals surface area contributed by atoms with Crippen molar-refractivity contribution in [3.63, 3.8) is 0 Å². The quantitative estimate of drug-likeness (QED) is 0.469. The van der Waals surface area contributed by atoms with Gasteiger partial charge in [0.05, 0.1) is 0 Å². The van der Waals surface area contributed by atoms with Crippen molar-refractivity contribution < 1.29 is 31.5 Å². The standard InChI is InChI=1S/C15H9F5O2/c16-12-4-10(5-13(17)15(12)20)9-1-8(6-21)2-11(3-9)22-7-14(18)19/h1-6,14H,7H2. The average molecular weight is 316 g/mol. The van der Waals surface area contributed by atoms with Crippen LogP contribution >= 0.6 is 0 Å². The molecule has 0 saturated carbocycles. The number of hydrogen-bond donors (Lipinski definition) is 0. The van der Waals surface area contributed by atoms with E-state index in [1.807, 2.05) is 0 Å². The number of rotatable bonds is 5. The molecule has 0 aromatic heterocycles. The number of hydrogen-bond acceptors (Lipinski definition) is 2. The summed E-state index contributed by atoms with van der Waals surface area (Å²) in [6.45, 7) is -0.895. The van der Waals surface area contributed by atoms with Gasteiger partial charge in [0.15, 0.2) is 17.5 Å². The number of ether oxygens (including phenoxy) is 1. The predicted octanol–water partition coefficient (Wildman–Crippen LogP) is 4.23. The summed E-state index contributed by atoms with van der Waals surface area (Å²) in [5.41, 5.74) is 0.139. The Hall–Kier alpha value is -2.44. The van der Waals surface area contributed by atoms with Crippen LogP contribution in [0.25, 0.3) is 11.1 Å². The molecule has 2 rings (SSSR count). The number of carbonyl (C=O) groups is 1. The molecule has 0 radical (unpaired) electrons. The summed E-state index contributed by atoms with van der Waals surface area (Å²) in [5, 5.41) is 0. The Morgan fingerprint density at radius 3 is 2.09 bits per heavy atom. The van der Waals surface area contributed by atoms with Crippen molar-refractivity contribution in [3.05, 3.63) is 53.3 Å². The fraction of sp³-hybridized carbons (Fsp3) is 0.133. The highest BCUT2D eigenvalue weighted by Crippen LogP contribution is 2.28. The minimum atomic E-state index is -2.72. The van der Waals surface area contributed by atoms with Gasteiger partial charge in [-0.1, -0.05) is 0 Å². The zero-order valence-corrected chi connectivity index (χ0v) is 11.0. The Morgan fingerprint density at radius 1 is 0.955 bits per heavy atom. The van der Waals surface area contributed by atoms with Crippen LogP contribution in [0.4, 0.5) is 22.0 Å². The summed E-state index contributed by atoms with van der Waals surface area (Å²) in [4.78, 5) is 10.9. The van der Waals surface area contributed by atoms with Gasteiger partial charge in [-0.3, -0.25) is 4.79 Å². The first-order chi connectivity index (χ1) is 10.4. The van der Waals surface area contributed by atoms with Crippen LogP contribution in [0.2, 0.25) is 0 Å². The van der Waals surface area contributed by atoms with Crippen molar-refractivity contribution in [1.29, 1.82) is 0 Å². The highest BCUT2D eigenvalue weighted by Gasteiger charge is 2.13. The number of halogens is 5. The summed E-state index contributed by atoms with van der Waals surface area (Å²) in [6, 6.07) is 5.17. The Morgan fingerprint density at radius 2 is 1.55 bits per heavy atom. The number of aldehydes is 1. The van der Waals surface area contributed by atoms with E-state index >= 15 is 0 Å². The molecular weight excluding hydrogens is 307 g/mol. The van der Waals surface area contributed by atoms with E-state index in [1.165, 1.54) is 18.2 Å². The number of benzene rings is 2. The summed E-state index contributed by atoms with van der Waals surface area (Å²) < 4.78 is 68.5. The fourth-order valence-electron chi connectivity index (χ4n) is 1.82. The second kappa shape index (κ2) is 6.55. The highest BCUT2D eigenvalue weighted by molar-refractivity contribution is 5.80. The maximum absolute atomic E-state index is 13.2. The molecule has 22 heavy (non-hydrogen) atoms. The van der Waals surface area contributed by atoms with Crippen LogP contribution in [0.1, 0.15) is 10.4 Å². The smallest absolute Gasteiger partial charge is 0.272 e. The second-order valence-electron chi connectivity index (χ2n) is 4.36. The van der Waals surface area contributed by atoms with Crippen LogP contribution in [0.15, 0.2) is 30.3 Å². The van der Waals surface area contributed by atoms with E-state index in [4.69, 9.17) is 4.74 Å². The number of alkyl halides is 2. The molecular formula is C15H9F5O2. The van der Waals surface area contributed by atoms with Gasteiger partial charge >= 0.3 is 0 Å². The van der Waals surface area contributed by atoms with Crippen molar-refractivity contribution >= 4 is 6.29 Å². The maximum Gasteiger partial charge on any atom is 0.272 e. The van der Waals surface area contributed by atoms with Gasteiger partial charge in [0, 0.05) is 5.56 Å². The molecule has 0 aliphatic heterocycles. The molecule has 0 saturated heterocycles. The number of carbonyl (C=O) groups excluding carboxylic acids is 1. The largest absolute Gasteiger partial charge is 0.488 e. The summed E-state index contributed by atoms with van der Waals surface area (Å²) in [5.74, 6) is -4.49. The van der Waals surface area contributed by atoms with Gasteiger partial charge in [0.1, 0.15) is 18.6 Å². The first kappa shape index (κ1) is 15.9. The SMILES string of the molecule is O=Cc1cc(OCC(F)F)cc(-c2cc(F)c(F)c(F)c2)c1. The normalized spacial score (nSPS) is 10.8. The summed E-state index contributed by atoms with van der Waals surface area (Å²) >= 11 is 0. The van der Waals surface area contributed by atoms with E-state index in [9.17, 15) is 26.7 Å². The lowest BCUT2D eigenvalue weighted by Gasteiger charge is -2.10. The minimum Gasteiger partial charge on any atom is -0.488 e. The summed E-state index contributed by atoms with van der Waals surface area (Å²) in [6.07, 6.45) is -2.29. The lowest BCUT2D eigenvalue weighted by Crippen LogP contribution is -2.07. The topological polar surface area (TPSA) is 26.3 Å². The highest BCUT2D eigenvalue weighted by atomic mass is 19.3. The van der Waals surface area contributed by atoms with E-state index in [1.54, 1.807) is 0 Å². The predicted molar refractivity (Wildman–Crippen MR) is 68.6 cm³/mol. The van der Waals surface area contributed by atoms with Gasteiger partial charge < -0.3 is 4.74 Å². The molecule has 2 aromatic rings. The van der Waals surface area contributed by atoms with E-state index in [0.717, 1.165) is 12.1 Å². The lowest BCUT2D eigenvalue weighted by molar-refractivity contribution is 0.0819. The molecule has 0 aliphatic carbocycles. The van der Waals surface area contributed by atoms with E-state index in [0.29, 0.717) is 6.29 Å². The van der Waals surface area contributed by atoms with Gasteiger partial charge in [-0.2, -0.15) is 0 Å². The zero-order valence-electron chi connectivity index (χ0n) is 11.0. The molecule has 0 unspecified atom stereocenters. The molecule has 2 nitrogen and oxygen atoms in total.